The molecule has 1 aromatic rings. The normalized spacial score (nSPS) is 17.5. The van der Waals surface area contributed by atoms with Crippen molar-refractivity contribution in [3.8, 4) is 0 Å². The summed E-state index contributed by atoms with van der Waals surface area (Å²) in [6.45, 7) is 5.72. The Kier molecular flexibility index (Phi) is 3.51. The molecule has 0 unspecified atom stereocenters. The van der Waals surface area contributed by atoms with Crippen molar-refractivity contribution in [1.82, 2.24) is 0 Å². The zero-order chi connectivity index (χ0) is 14.0. The van der Waals surface area contributed by atoms with Crippen molar-refractivity contribution in [2.75, 3.05) is 6.61 Å². The first-order chi connectivity index (χ1) is 9.09. The van der Waals surface area contributed by atoms with Crippen LogP contribution < -0.4 is 0 Å². The van der Waals surface area contributed by atoms with Crippen LogP contribution in [0.15, 0.2) is 29.4 Å². The molecule has 0 saturated carbocycles. The van der Waals surface area contributed by atoms with E-state index >= 15 is 0 Å². The number of carbonyl (C=O) groups is 2. The van der Waals surface area contributed by atoms with Crippen LogP contribution in [-0.2, 0) is 4.84 Å². The molecule has 0 aromatic heterocycles. The highest BCUT2D eigenvalue weighted by atomic mass is 16.6. The molecule has 0 radical (unpaired) electrons. The Bertz CT molecular complexity index is 525. The molecular formula is C15H17NO3. The van der Waals surface area contributed by atoms with E-state index in [4.69, 9.17) is 4.84 Å². The van der Waals surface area contributed by atoms with Gasteiger partial charge in [0.15, 0.2) is 11.6 Å². The maximum atomic E-state index is 12.6. The number of hydrogen-bond donors (Lipinski definition) is 0. The number of ketones is 2. The van der Waals surface area contributed by atoms with Gasteiger partial charge in [0.05, 0.1) is 5.71 Å². The highest BCUT2D eigenvalue weighted by Gasteiger charge is 2.54. The first-order valence-corrected chi connectivity index (χ1v) is 6.45. The lowest BCUT2D eigenvalue weighted by Crippen LogP contribution is -2.40. The molecule has 0 amide bonds. The second-order valence-corrected chi connectivity index (χ2v) is 4.56. The van der Waals surface area contributed by atoms with Gasteiger partial charge in [-0.25, -0.2) is 0 Å². The molecule has 1 aliphatic carbocycles. The molecular weight excluding hydrogens is 242 g/mol. The fourth-order valence-electron chi connectivity index (χ4n) is 2.59. The van der Waals surface area contributed by atoms with Gasteiger partial charge in [-0.15, -0.1) is 0 Å². The summed E-state index contributed by atoms with van der Waals surface area (Å²) in [5.41, 5.74) is 0.225. The molecule has 0 atom stereocenters. The largest absolute Gasteiger partial charge is 0.396 e. The average molecular weight is 259 g/mol. The second kappa shape index (κ2) is 4.96. The maximum Gasteiger partial charge on any atom is 0.183 e. The fourth-order valence-corrected chi connectivity index (χ4v) is 2.59. The van der Waals surface area contributed by atoms with Crippen LogP contribution >= 0.6 is 0 Å². The van der Waals surface area contributed by atoms with E-state index in [0.29, 0.717) is 29.9 Å². The average Bonchev–Trinajstić information content (AvgIpc) is 2.66. The van der Waals surface area contributed by atoms with Gasteiger partial charge in [0.25, 0.3) is 0 Å². The maximum absolute atomic E-state index is 12.6. The van der Waals surface area contributed by atoms with Gasteiger partial charge in [0, 0.05) is 11.1 Å². The van der Waals surface area contributed by atoms with E-state index in [0.717, 1.165) is 0 Å². The Hall–Kier alpha value is -1.97. The monoisotopic (exact) mass is 259 g/mol. The highest BCUT2D eigenvalue weighted by molar-refractivity contribution is 6.39. The van der Waals surface area contributed by atoms with Crippen LogP contribution in [0.4, 0.5) is 0 Å². The topological polar surface area (TPSA) is 55.7 Å². The quantitative estimate of drug-likeness (QED) is 0.474. The Morgan fingerprint density at radius 1 is 1.16 bits per heavy atom. The molecule has 0 saturated heterocycles. The third-order valence-electron chi connectivity index (χ3n) is 3.67. The van der Waals surface area contributed by atoms with Crippen molar-refractivity contribution < 1.29 is 14.4 Å². The van der Waals surface area contributed by atoms with Crippen molar-refractivity contribution in [3.05, 3.63) is 35.4 Å². The summed E-state index contributed by atoms with van der Waals surface area (Å²) in [4.78, 5) is 30.2. The summed E-state index contributed by atoms with van der Waals surface area (Å²) in [5.74, 6) is -0.340. The molecule has 0 aliphatic heterocycles. The number of Topliss-reactive ketones (excluding diaryl/α,β-unsaturated/α-hetero) is 2. The highest BCUT2D eigenvalue weighted by Crippen LogP contribution is 2.40. The molecule has 0 bridgehead atoms. The standard InChI is InChI=1S/C15H17NO3/c1-4-15(10(3)16-19-5-2)13(17)11-8-6-7-9-12(11)14(15)18/h6-9H,4-5H2,1-3H3/b16-10+. The minimum atomic E-state index is -1.18. The lowest BCUT2D eigenvalue weighted by molar-refractivity contribution is 0.0765. The number of nitrogens with zero attached hydrogens (tertiary/aromatic N) is 1. The second-order valence-electron chi connectivity index (χ2n) is 4.56. The molecule has 4 heteroatoms. The number of hydrogen-bond acceptors (Lipinski definition) is 4. The molecule has 19 heavy (non-hydrogen) atoms. The van der Waals surface area contributed by atoms with Crippen LogP contribution in [0, 0.1) is 5.41 Å². The number of benzene rings is 1. The van der Waals surface area contributed by atoms with Gasteiger partial charge in [-0.05, 0) is 20.3 Å². The van der Waals surface area contributed by atoms with Gasteiger partial charge in [-0.3, -0.25) is 9.59 Å². The first kappa shape index (κ1) is 13.5. The minimum Gasteiger partial charge on any atom is -0.396 e. The predicted molar refractivity (Wildman–Crippen MR) is 72.6 cm³/mol. The predicted octanol–water partition coefficient (Wildman–Crippen LogP) is 2.87. The Morgan fingerprint density at radius 3 is 2.11 bits per heavy atom. The van der Waals surface area contributed by atoms with E-state index in [2.05, 4.69) is 5.16 Å². The molecule has 1 aromatic carbocycles. The van der Waals surface area contributed by atoms with E-state index in [1.54, 1.807) is 31.2 Å². The van der Waals surface area contributed by atoms with E-state index in [1.807, 2.05) is 13.8 Å². The summed E-state index contributed by atoms with van der Waals surface area (Å²) in [5, 5.41) is 3.93. The lowest BCUT2D eigenvalue weighted by atomic mass is 9.76. The van der Waals surface area contributed by atoms with Crippen molar-refractivity contribution >= 4 is 17.3 Å². The fraction of sp³-hybridized carbons (Fsp3) is 0.400. The Balaban J connectivity index is 2.56. The lowest BCUT2D eigenvalue weighted by Gasteiger charge is -2.23. The summed E-state index contributed by atoms with van der Waals surface area (Å²) in [6, 6.07) is 6.93. The Morgan fingerprint density at radius 2 is 1.68 bits per heavy atom. The summed E-state index contributed by atoms with van der Waals surface area (Å²) < 4.78 is 0. The number of carbonyl (C=O) groups excluding carboxylic acids is 2. The van der Waals surface area contributed by atoms with Gasteiger partial charge >= 0.3 is 0 Å². The van der Waals surface area contributed by atoms with Gasteiger partial charge < -0.3 is 4.84 Å². The van der Waals surface area contributed by atoms with Crippen LogP contribution in [-0.4, -0.2) is 23.9 Å². The van der Waals surface area contributed by atoms with Gasteiger partial charge in [-0.1, -0.05) is 36.3 Å². The van der Waals surface area contributed by atoms with Crippen molar-refractivity contribution in [2.45, 2.75) is 27.2 Å². The SMILES string of the molecule is CCO/N=C(\C)C1(CC)C(=O)c2ccccc2C1=O. The van der Waals surface area contributed by atoms with Gasteiger partial charge in [0.2, 0.25) is 0 Å². The molecule has 100 valence electrons. The summed E-state index contributed by atoms with van der Waals surface area (Å²) in [6.07, 6.45) is 0.391. The van der Waals surface area contributed by atoms with Crippen LogP contribution in [0.3, 0.4) is 0 Å². The van der Waals surface area contributed by atoms with E-state index in [-0.39, 0.29) is 11.6 Å². The molecule has 1 aliphatic rings. The zero-order valence-electron chi connectivity index (χ0n) is 11.4. The molecule has 0 spiro atoms. The molecule has 4 nitrogen and oxygen atoms in total. The van der Waals surface area contributed by atoms with Crippen LogP contribution in [0.1, 0.15) is 47.9 Å². The number of oxime groups is 1. The van der Waals surface area contributed by atoms with Crippen LogP contribution in [0.5, 0.6) is 0 Å². The number of rotatable bonds is 4. The number of fused-ring (bicyclic) bond motifs is 1. The third-order valence-corrected chi connectivity index (χ3v) is 3.67. The first-order valence-electron chi connectivity index (χ1n) is 6.45. The summed E-state index contributed by atoms with van der Waals surface area (Å²) >= 11 is 0. The van der Waals surface area contributed by atoms with E-state index in [1.165, 1.54) is 0 Å². The summed E-state index contributed by atoms with van der Waals surface area (Å²) in [7, 11) is 0. The van der Waals surface area contributed by atoms with Crippen LogP contribution in [0.2, 0.25) is 0 Å². The van der Waals surface area contributed by atoms with Crippen molar-refractivity contribution in [2.24, 2.45) is 10.6 Å². The van der Waals surface area contributed by atoms with Gasteiger partial charge in [0.1, 0.15) is 12.0 Å². The third kappa shape index (κ3) is 1.79. The van der Waals surface area contributed by atoms with Crippen molar-refractivity contribution in [3.63, 3.8) is 0 Å². The smallest absolute Gasteiger partial charge is 0.183 e. The minimum absolute atomic E-state index is 0.170. The molecule has 0 fully saturated rings. The molecule has 2 rings (SSSR count). The Labute approximate surface area is 112 Å². The molecule has 0 heterocycles. The molecule has 0 N–H and O–H groups in total. The van der Waals surface area contributed by atoms with Crippen molar-refractivity contribution in [1.29, 1.82) is 0 Å². The van der Waals surface area contributed by atoms with E-state index in [9.17, 15) is 9.59 Å². The van der Waals surface area contributed by atoms with Crippen LogP contribution in [0.25, 0.3) is 0 Å². The van der Waals surface area contributed by atoms with Gasteiger partial charge in [-0.2, -0.15) is 0 Å². The van der Waals surface area contributed by atoms with E-state index < -0.39 is 5.41 Å². The zero-order valence-corrected chi connectivity index (χ0v) is 11.4.